The van der Waals surface area contributed by atoms with Crippen LogP contribution in [0, 0.1) is 10.1 Å². The molecule has 36 heavy (non-hydrogen) atoms. The Morgan fingerprint density at radius 3 is 1.61 bits per heavy atom. The molecule has 0 spiro atoms. The number of tetrazole rings is 2. The molecule has 190 valence electrons. The number of benzene rings is 2. The van der Waals surface area contributed by atoms with E-state index in [2.05, 4.69) is 31.1 Å². The van der Waals surface area contributed by atoms with Crippen LogP contribution < -0.4 is 5.73 Å². The molecule has 0 aliphatic heterocycles. The number of non-ortho nitro benzene ring substituents is 1. The number of nitrogens with two attached hydrogens (primary N) is 1. The first kappa shape index (κ1) is 26.0. The van der Waals surface area contributed by atoms with Crippen LogP contribution in [-0.2, 0) is 26.4 Å². The molecule has 12 nitrogen and oxygen atoms in total. The maximum Gasteiger partial charge on any atom is 0.416 e. The van der Waals surface area contributed by atoms with Crippen LogP contribution in [0.4, 0.5) is 37.7 Å². The first-order chi connectivity index (χ1) is 16.7. The Labute approximate surface area is 196 Å². The van der Waals surface area contributed by atoms with Gasteiger partial charge in [-0.1, -0.05) is 0 Å². The van der Waals surface area contributed by atoms with Crippen LogP contribution in [-0.4, -0.2) is 45.3 Å². The van der Waals surface area contributed by atoms with E-state index in [1.165, 1.54) is 24.8 Å². The normalized spacial score (nSPS) is 11.7. The van der Waals surface area contributed by atoms with Gasteiger partial charge in [-0.05, 0) is 45.1 Å². The maximum atomic E-state index is 12.7. The number of nitrogens with zero attached hydrogens (tertiary/aromatic N) is 9. The zero-order valence-corrected chi connectivity index (χ0v) is 18.2. The third kappa shape index (κ3) is 5.88. The quantitative estimate of drug-likeness (QED) is 0.187. The topological polar surface area (TPSA) is 156 Å². The van der Waals surface area contributed by atoms with Crippen molar-refractivity contribution in [2.45, 2.75) is 12.4 Å². The molecule has 18 heteroatoms. The molecule has 0 saturated heterocycles. The van der Waals surface area contributed by atoms with Crippen molar-refractivity contribution in [1.82, 2.24) is 40.4 Å². The van der Waals surface area contributed by atoms with Gasteiger partial charge < -0.3 is 5.73 Å². The summed E-state index contributed by atoms with van der Waals surface area (Å²) in [5, 5.41) is 31.5. The monoisotopic (exact) mass is 516 g/mol. The van der Waals surface area contributed by atoms with Crippen LogP contribution in [0.3, 0.4) is 0 Å². The van der Waals surface area contributed by atoms with Crippen molar-refractivity contribution in [3.63, 3.8) is 0 Å². The van der Waals surface area contributed by atoms with E-state index in [0.29, 0.717) is 6.07 Å². The summed E-state index contributed by atoms with van der Waals surface area (Å²) in [4.78, 5) is 9.77. The molecule has 0 saturated carbocycles. The van der Waals surface area contributed by atoms with Crippen molar-refractivity contribution in [3.05, 3.63) is 57.6 Å². The van der Waals surface area contributed by atoms with Crippen LogP contribution in [0.1, 0.15) is 11.1 Å². The SMILES string of the molecule is Cn1nnnc1-c1cc(N)cc(C(F)(F)F)c1.Cn1nnnc1-c1cc([N+](=O)[O-])cc(C(F)(F)F)c1. The van der Waals surface area contributed by atoms with Gasteiger partial charge in [0.2, 0.25) is 0 Å². The van der Waals surface area contributed by atoms with E-state index in [4.69, 9.17) is 5.73 Å². The van der Waals surface area contributed by atoms with Gasteiger partial charge in [-0.3, -0.25) is 10.1 Å². The van der Waals surface area contributed by atoms with Crippen LogP contribution in [0.15, 0.2) is 36.4 Å². The number of halogens is 6. The van der Waals surface area contributed by atoms with Crippen LogP contribution in [0.2, 0.25) is 0 Å². The predicted molar refractivity (Wildman–Crippen MR) is 110 cm³/mol. The third-order valence-electron chi connectivity index (χ3n) is 4.50. The number of alkyl halides is 6. The van der Waals surface area contributed by atoms with Crippen molar-refractivity contribution >= 4 is 11.4 Å². The van der Waals surface area contributed by atoms with Crippen molar-refractivity contribution < 1.29 is 31.3 Å². The number of nitro benzene ring substituents is 1. The highest BCUT2D eigenvalue weighted by atomic mass is 19.4. The summed E-state index contributed by atoms with van der Waals surface area (Å²) < 4.78 is 78.1. The molecule has 0 aliphatic carbocycles. The van der Waals surface area contributed by atoms with Gasteiger partial charge in [0.1, 0.15) is 0 Å². The van der Waals surface area contributed by atoms with Crippen molar-refractivity contribution in [2.75, 3.05) is 5.73 Å². The Kier molecular flexibility index (Phi) is 6.89. The first-order valence-corrected chi connectivity index (χ1v) is 9.46. The number of hydrogen-bond donors (Lipinski definition) is 1. The van der Waals surface area contributed by atoms with Gasteiger partial charge in [-0.25, -0.2) is 9.36 Å². The van der Waals surface area contributed by atoms with E-state index >= 15 is 0 Å². The highest BCUT2D eigenvalue weighted by molar-refractivity contribution is 5.63. The smallest absolute Gasteiger partial charge is 0.399 e. The van der Waals surface area contributed by atoms with E-state index in [1.807, 2.05) is 0 Å². The van der Waals surface area contributed by atoms with Crippen LogP contribution in [0.5, 0.6) is 0 Å². The van der Waals surface area contributed by atoms with Gasteiger partial charge in [0.25, 0.3) is 5.69 Å². The highest BCUT2D eigenvalue weighted by Gasteiger charge is 2.33. The fraction of sp³-hybridized carbons (Fsp3) is 0.222. The summed E-state index contributed by atoms with van der Waals surface area (Å²) in [5.74, 6) is 0.233. The fourth-order valence-electron chi connectivity index (χ4n) is 2.90. The lowest BCUT2D eigenvalue weighted by atomic mass is 10.1. The number of hydrogen-bond acceptors (Lipinski definition) is 9. The predicted octanol–water partition coefficient (Wildman–Crippen LogP) is 3.28. The van der Waals surface area contributed by atoms with E-state index in [1.54, 1.807) is 0 Å². The Hall–Kier alpha value is -4.64. The second-order valence-corrected chi connectivity index (χ2v) is 7.12. The minimum atomic E-state index is -4.69. The molecule has 0 aliphatic rings. The zero-order valence-electron chi connectivity index (χ0n) is 18.2. The first-order valence-electron chi connectivity index (χ1n) is 9.46. The van der Waals surface area contributed by atoms with Gasteiger partial charge in [-0.15, -0.1) is 10.2 Å². The molecule has 2 N–H and O–H groups in total. The fourth-order valence-corrected chi connectivity index (χ4v) is 2.90. The molecule has 0 fully saturated rings. The summed E-state index contributed by atoms with van der Waals surface area (Å²) in [7, 11) is 2.95. The molecule has 4 aromatic rings. The van der Waals surface area contributed by atoms with Gasteiger partial charge in [0.05, 0.1) is 16.1 Å². The van der Waals surface area contributed by atoms with Gasteiger partial charge in [-0.2, -0.15) is 26.3 Å². The average Bonchev–Trinajstić information content (AvgIpc) is 3.40. The number of aryl methyl sites for hydroxylation is 2. The lowest BCUT2D eigenvalue weighted by Crippen LogP contribution is -2.07. The molecule has 2 aromatic carbocycles. The van der Waals surface area contributed by atoms with E-state index in [0.717, 1.165) is 28.9 Å². The van der Waals surface area contributed by atoms with E-state index in [-0.39, 0.29) is 28.5 Å². The van der Waals surface area contributed by atoms with Crippen LogP contribution in [0.25, 0.3) is 22.8 Å². The second-order valence-electron chi connectivity index (χ2n) is 7.12. The number of nitrogen functional groups attached to an aromatic ring is 1. The Balaban J connectivity index is 0.000000202. The van der Waals surface area contributed by atoms with E-state index < -0.39 is 34.1 Å². The summed E-state index contributed by atoms with van der Waals surface area (Å²) in [5.41, 5.74) is 2.98. The Morgan fingerprint density at radius 2 is 1.22 bits per heavy atom. The summed E-state index contributed by atoms with van der Waals surface area (Å²) >= 11 is 0. The molecule has 4 rings (SSSR count). The number of anilines is 1. The molecule has 0 bridgehead atoms. The third-order valence-corrected chi connectivity index (χ3v) is 4.50. The minimum absolute atomic E-state index is 0.00852. The molecule has 2 aromatic heterocycles. The standard InChI is InChI=1S/C9H6F3N5O2.C9H8F3N5/c1-16-8(13-14-15-16)5-2-6(9(10,11)12)4-7(3-5)17(18)19;1-17-8(14-15-16-17)5-2-6(9(10,11)12)4-7(13)3-5/h2-4H,1H3;2-4H,13H2,1H3. The summed E-state index contributed by atoms with van der Waals surface area (Å²) in [6, 6.07) is 5.43. The largest absolute Gasteiger partial charge is 0.416 e. The van der Waals surface area contributed by atoms with Gasteiger partial charge in [0, 0.05) is 43.0 Å². The Bertz CT molecular complexity index is 1400. The Morgan fingerprint density at radius 1 is 0.778 bits per heavy atom. The van der Waals surface area contributed by atoms with Crippen molar-refractivity contribution in [1.29, 1.82) is 0 Å². The molecule has 0 radical (unpaired) electrons. The molecule has 0 atom stereocenters. The van der Waals surface area contributed by atoms with Crippen LogP contribution >= 0.6 is 0 Å². The summed E-state index contributed by atoms with van der Waals surface area (Å²) in [6.45, 7) is 0. The number of rotatable bonds is 3. The molecule has 0 unspecified atom stereocenters. The minimum Gasteiger partial charge on any atom is -0.399 e. The lowest BCUT2D eigenvalue weighted by molar-refractivity contribution is -0.385. The molecule has 0 amide bonds. The van der Waals surface area contributed by atoms with Crippen molar-refractivity contribution in [3.8, 4) is 22.8 Å². The zero-order chi connectivity index (χ0) is 26.8. The maximum absolute atomic E-state index is 12.7. The van der Waals surface area contributed by atoms with Gasteiger partial charge in [0.15, 0.2) is 11.6 Å². The van der Waals surface area contributed by atoms with Gasteiger partial charge >= 0.3 is 12.4 Å². The molecule has 2 heterocycles. The summed E-state index contributed by atoms with van der Waals surface area (Å²) in [6.07, 6.45) is -9.14. The number of nitro groups is 1. The van der Waals surface area contributed by atoms with E-state index in [9.17, 15) is 36.5 Å². The highest BCUT2D eigenvalue weighted by Crippen LogP contribution is 2.35. The molecular weight excluding hydrogens is 502 g/mol. The lowest BCUT2D eigenvalue weighted by Gasteiger charge is -2.09. The average molecular weight is 516 g/mol. The second kappa shape index (κ2) is 9.55. The van der Waals surface area contributed by atoms with Crippen molar-refractivity contribution in [2.24, 2.45) is 14.1 Å². The molecular formula is C18H14F6N10O2. The number of aromatic nitrogens is 8.